The summed E-state index contributed by atoms with van der Waals surface area (Å²) in [6, 6.07) is 9.60. The molecular weight excluding hydrogens is 798 g/mol. The van der Waals surface area contributed by atoms with Gasteiger partial charge in [-0.3, -0.25) is 19.0 Å². The van der Waals surface area contributed by atoms with Crippen LogP contribution in [0.3, 0.4) is 0 Å². The molecule has 0 aliphatic carbocycles. The van der Waals surface area contributed by atoms with Gasteiger partial charge in [0, 0.05) is 47.8 Å². The maximum absolute atomic E-state index is 13.8. The first-order valence-corrected chi connectivity index (χ1v) is 16.6. The van der Waals surface area contributed by atoms with Gasteiger partial charge in [-0.05, 0) is 87.0 Å². The van der Waals surface area contributed by atoms with Crippen LogP contribution in [0.2, 0.25) is 0 Å². The zero-order valence-corrected chi connectivity index (χ0v) is 29.9. The van der Waals surface area contributed by atoms with Gasteiger partial charge in [-0.15, -0.1) is 17.9 Å². The predicted molar refractivity (Wildman–Crippen MR) is 186 cm³/mol. The van der Waals surface area contributed by atoms with Crippen molar-refractivity contribution in [2.75, 3.05) is 0 Å². The number of aryl methyl sites for hydroxylation is 2. The van der Waals surface area contributed by atoms with Crippen LogP contribution in [0.4, 0.5) is 17.6 Å². The Morgan fingerprint density at radius 3 is 1.96 bits per heavy atom. The number of benzene rings is 2. The molecule has 2 aromatic carbocycles. The molecule has 8 nitrogen and oxygen atoms in total. The van der Waals surface area contributed by atoms with Crippen molar-refractivity contribution < 1.29 is 31.8 Å². The van der Waals surface area contributed by atoms with Crippen molar-refractivity contribution in [2.24, 2.45) is 5.73 Å². The molecule has 0 fully saturated rings. The van der Waals surface area contributed by atoms with Crippen molar-refractivity contribution >= 4 is 49.1 Å². The number of halogens is 6. The highest BCUT2D eigenvalue weighted by molar-refractivity contribution is 9.10. The number of nitrogens with two attached hydrogens (primary N) is 1. The topological polar surface area (TPSA) is 106 Å². The van der Waals surface area contributed by atoms with E-state index in [1.807, 2.05) is 0 Å². The second-order valence-corrected chi connectivity index (χ2v) is 12.8. The van der Waals surface area contributed by atoms with Gasteiger partial charge in [-0.25, -0.2) is 17.6 Å². The minimum atomic E-state index is -0.735. The van der Waals surface area contributed by atoms with E-state index in [-0.39, 0.29) is 50.2 Å². The number of allylic oxidation sites excluding steroid dienone is 1. The Labute approximate surface area is 298 Å². The van der Waals surface area contributed by atoms with Gasteiger partial charge in [0.05, 0.1) is 5.56 Å². The molecular formula is C34H27Br2F4N3O5S. The lowest BCUT2D eigenvalue weighted by Crippen LogP contribution is -2.24. The van der Waals surface area contributed by atoms with Crippen LogP contribution >= 0.6 is 43.2 Å². The lowest BCUT2D eigenvalue weighted by Gasteiger charge is -2.14. The molecule has 0 bridgehead atoms. The van der Waals surface area contributed by atoms with E-state index in [0.29, 0.717) is 28.6 Å². The summed E-state index contributed by atoms with van der Waals surface area (Å²) in [6.45, 7) is 7.08. The van der Waals surface area contributed by atoms with Crippen molar-refractivity contribution in [1.82, 2.24) is 9.13 Å². The first-order chi connectivity index (χ1) is 23.2. The van der Waals surface area contributed by atoms with Gasteiger partial charge in [0.2, 0.25) is 0 Å². The average molecular weight is 825 g/mol. The summed E-state index contributed by atoms with van der Waals surface area (Å²) in [5.74, 6) is -2.88. The highest BCUT2D eigenvalue weighted by atomic mass is 79.9. The summed E-state index contributed by atoms with van der Waals surface area (Å²) < 4.78 is 67.2. The van der Waals surface area contributed by atoms with Crippen LogP contribution < -0.4 is 26.3 Å². The van der Waals surface area contributed by atoms with Gasteiger partial charge in [-0.2, -0.15) is 0 Å². The Balaban J connectivity index is 0.000000230. The van der Waals surface area contributed by atoms with Gasteiger partial charge in [0.1, 0.15) is 61.9 Å². The van der Waals surface area contributed by atoms with Crippen LogP contribution in [0.15, 0.2) is 91.3 Å². The number of carbonyl (C=O) groups is 1. The molecule has 0 saturated carbocycles. The van der Waals surface area contributed by atoms with E-state index in [1.165, 1.54) is 32.6 Å². The second kappa shape index (κ2) is 16.3. The fraction of sp³-hybridized carbons (Fsp3) is 0.147. The molecule has 1 amide bonds. The highest BCUT2D eigenvalue weighted by Crippen LogP contribution is 2.30. The molecule has 49 heavy (non-hydrogen) atoms. The molecule has 256 valence electrons. The number of nitrogens with zero attached hydrogens (tertiary/aromatic N) is 2. The van der Waals surface area contributed by atoms with E-state index >= 15 is 0 Å². The third-order valence-corrected chi connectivity index (χ3v) is 9.44. The Kier molecular flexibility index (Phi) is 12.4. The number of hydrogen-bond acceptors (Lipinski definition) is 6. The third-order valence-electron chi connectivity index (χ3n) is 6.90. The summed E-state index contributed by atoms with van der Waals surface area (Å²) in [7, 11) is 0. The van der Waals surface area contributed by atoms with E-state index in [9.17, 15) is 31.9 Å². The SMILES string of the molecule is C=CCn1ccc(OCc2ccc(F)cc2F)c(Br)c1=O.Cc1csc(-n2c(C)cc(OCc3ccc(F)cc3F)c(Br)c2=O)c1C(N)=O. The van der Waals surface area contributed by atoms with Gasteiger partial charge in [-0.1, -0.05) is 6.08 Å². The molecule has 0 spiro atoms. The Hall–Kier alpha value is -4.47. The van der Waals surface area contributed by atoms with Crippen LogP contribution in [-0.4, -0.2) is 15.0 Å². The maximum atomic E-state index is 13.8. The maximum Gasteiger partial charge on any atom is 0.274 e. The van der Waals surface area contributed by atoms with Crippen LogP contribution in [0.25, 0.3) is 5.00 Å². The molecule has 5 aromatic rings. The average Bonchev–Trinajstić information content (AvgIpc) is 3.43. The minimum absolute atomic E-state index is 0.102. The van der Waals surface area contributed by atoms with Crippen molar-refractivity contribution in [3.8, 4) is 16.5 Å². The summed E-state index contributed by atoms with van der Waals surface area (Å²) in [4.78, 5) is 36.6. The molecule has 0 unspecified atom stereocenters. The van der Waals surface area contributed by atoms with E-state index in [1.54, 1.807) is 43.6 Å². The number of primary amides is 1. The Morgan fingerprint density at radius 1 is 0.878 bits per heavy atom. The van der Waals surface area contributed by atoms with Crippen molar-refractivity contribution in [2.45, 2.75) is 33.6 Å². The second-order valence-electron chi connectivity index (χ2n) is 10.4. The lowest BCUT2D eigenvalue weighted by atomic mass is 10.2. The number of aromatic nitrogens is 2. The fourth-order valence-corrected chi connectivity index (χ4v) is 6.45. The van der Waals surface area contributed by atoms with Gasteiger partial charge < -0.3 is 19.8 Å². The van der Waals surface area contributed by atoms with E-state index < -0.39 is 34.7 Å². The normalized spacial score (nSPS) is 10.7. The van der Waals surface area contributed by atoms with E-state index in [4.69, 9.17) is 15.2 Å². The minimum Gasteiger partial charge on any atom is -0.487 e. The zero-order valence-electron chi connectivity index (χ0n) is 25.9. The zero-order chi connectivity index (χ0) is 36.0. The Morgan fingerprint density at radius 2 is 1.43 bits per heavy atom. The standard InChI is InChI=1S/C19H15BrF2N2O3S.C15H12BrF2NO2/c1-9-8-28-19(15(9)17(23)25)24-10(2)5-14(16(20)18(24)26)27-7-11-3-4-12(21)6-13(11)22;1-2-6-19-7-5-13(14(16)15(19)20)21-9-10-3-4-11(17)8-12(10)18/h3-6,8H,7H2,1-2H3,(H2,23,25);2-5,7-8H,1,6,9H2. The first-order valence-electron chi connectivity index (χ1n) is 14.2. The number of ether oxygens (including phenoxy) is 2. The molecule has 0 atom stereocenters. The predicted octanol–water partition coefficient (Wildman–Crippen LogP) is 7.89. The van der Waals surface area contributed by atoms with Crippen molar-refractivity contribution in [3.63, 3.8) is 0 Å². The fourth-order valence-electron chi connectivity index (χ4n) is 4.45. The molecule has 2 N–H and O–H groups in total. The highest BCUT2D eigenvalue weighted by Gasteiger charge is 2.21. The number of amides is 1. The van der Waals surface area contributed by atoms with Gasteiger partial charge >= 0.3 is 0 Å². The summed E-state index contributed by atoms with van der Waals surface area (Å²) in [5, 5.41) is 2.17. The summed E-state index contributed by atoms with van der Waals surface area (Å²) >= 11 is 7.60. The molecule has 5 rings (SSSR count). The van der Waals surface area contributed by atoms with Crippen molar-refractivity contribution in [1.29, 1.82) is 0 Å². The largest absolute Gasteiger partial charge is 0.487 e. The van der Waals surface area contributed by atoms with Crippen LogP contribution in [0.1, 0.15) is 32.7 Å². The van der Waals surface area contributed by atoms with Crippen LogP contribution in [0, 0.1) is 37.1 Å². The monoisotopic (exact) mass is 823 g/mol. The summed E-state index contributed by atoms with van der Waals surface area (Å²) in [5.41, 5.74) is 6.57. The molecule has 0 radical (unpaired) electrons. The van der Waals surface area contributed by atoms with Gasteiger partial charge in [0.15, 0.2) is 0 Å². The van der Waals surface area contributed by atoms with Gasteiger partial charge in [0.25, 0.3) is 17.0 Å². The van der Waals surface area contributed by atoms with Crippen LogP contribution in [0.5, 0.6) is 11.5 Å². The summed E-state index contributed by atoms with van der Waals surface area (Å²) in [6.07, 6.45) is 3.16. The molecule has 3 heterocycles. The first kappa shape index (κ1) is 37.4. The molecule has 0 aliphatic heterocycles. The number of carbonyl (C=O) groups excluding carboxylic acids is 1. The van der Waals surface area contributed by atoms with Crippen LogP contribution in [-0.2, 0) is 19.8 Å². The smallest absolute Gasteiger partial charge is 0.274 e. The number of thiophene rings is 1. The number of pyridine rings is 2. The van der Waals surface area contributed by atoms with E-state index in [2.05, 4.69) is 38.4 Å². The molecule has 0 saturated heterocycles. The quantitative estimate of drug-likeness (QED) is 0.114. The Bertz CT molecular complexity index is 2170. The lowest BCUT2D eigenvalue weighted by molar-refractivity contribution is 0.1000. The van der Waals surface area contributed by atoms with Crippen molar-refractivity contribution in [3.05, 3.63) is 154 Å². The number of hydrogen-bond donors (Lipinski definition) is 1. The number of rotatable bonds is 10. The molecule has 0 aliphatic rings. The molecule has 3 aromatic heterocycles. The molecule has 15 heteroatoms. The van der Waals surface area contributed by atoms with E-state index in [0.717, 1.165) is 24.3 Å². The third kappa shape index (κ3) is 8.77.